The first-order valence-corrected chi connectivity index (χ1v) is 8.52. The van der Waals surface area contributed by atoms with Crippen LogP contribution in [0.2, 0.25) is 0 Å². The van der Waals surface area contributed by atoms with Gasteiger partial charge in [0.15, 0.2) is 5.13 Å². The molecule has 6 heteroatoms. The monoisotopic (exact) mass is 328 g/mol. The standard InChI is InChI=1S/C17H17FN4S/c1-21-9-14(8-19-21)13-6-7-22(10-13)17-20-16(11-23-17)12-2-4-15(18)5-3-12/h2-5,8-9,11,13H,6-7,10H2,1H3. The lowest BCUT2D eigenvalue weighted by molar-refractivity contribution is 0.628. The molecule has 1 unspecified atom stereocenters. The maximum absolute atomic E-state index is 13.0. The van der Waals surface area contributed by atoms with Crippen LogP contribution in [-0.4, -0.2) is 27.9 Å². The van der Waals surface area contributed by atoms with E-state index in [0.29, 0.717) is 5.92 Å². The van der Waals surface area contributed by atoms with Gasteiger partial charge in [-0.15, -0.1) is 11.3 Å². The summed E-state index contributed by atoms with van der Waals surface area (Å²) < 4.78 is 14.9. The van der Waals surface area contributed by atoms with Crippen LogP contribution in [0.3, 0.4) is 0 Å². The molecule has 1 atom stereocenters. The molecule has 2 aromatic heterocycles. The second kappa shape index (κ2) is 5.77. The Kier molecular flexibility index (Phi) is 3.61. The Balaban J connectivity index is 1.50. The van der Waals surface area contributed by atoms with Crippen LogP contribution in [0.25, 0.3) is 11.3 Å². The highest BCUT2D eigenvalue weighted by molar-refractivity contribution is 7.14. The van der Waals surface area contributed by atoms with Crippen molar-refractivity contribution in [2.45, 2.75) is 12.3 Å². The lowest BCUT2D eigenvalue weighted by atomic mass is 10.0. The first kappa shape index (κ1) is 14.4. The van der Waals surface area contributed by atoms with Gasteiger partial charge in [-0.3, -0.25) is 4.68 Å². The molecule has 1 aromatic carbocycles. The number of halogens is 1. The topological polar surface area (TPSA) is 34.0 Å². The van der Waals surface area contributed by atoms with Gasteiger partial charge >= 0.3 is 0 Å². The molecule has 0 amide bonds. The van der Waals surface area contributed by atoms with Crippen LogP contribution in [0.5, 0.6) is 0 Å². The van der Waals surface area contributed by atoms with E-state index in [9.17, 15) is 4.39 Å². The van der Waals surface area contributed by atoms with Crippen LogP contribution in [0, 0.1) is 5.82 Å². The zero-order valence-corrected chi connectivity index (χ0v) is 13.6. The summed E-state index contributed by atoms with van der Waals surface area (Å²) in [5.74, 6) is 0.296. The third-order valence-electron chi connectivity index (χ3n) is 4.29. The predicted octanol–water partition coefficient (Wildman–Crippen LogP) is 3.68. The largest absolute Gasteiger partial charge is 0.347 e. The van der Waals surface area contributed by atoms with Gasteiger partial charge < -0.3 is 4.90 Å². The van der Waals surface area contributed by atoms with Crippen molar-refractivity contribution in [2.75, 3.05) is 18.0 Å². The second-order valence-electron chi connectivity index (χ2n) is 5.90. The highest BCUT2D eigenvalue weighted by Crippen LogP contribution is 2.34. The number of aromatic nitrogens is 3. The quantitative estimate of drug-likeness (QED) is 0.735. The van der Waals surface area contributed by atoms with E-state index in [-0.39, 0.29) is 5.82 Å². The Morgan fingerprint density at radius 2 is 2.09 bits per heavy atom. The van der Waals surface area contributed by atoms with E-state index in [2.05, 4.69) is 16.2 Å². The first-order valence-electron chi connectivity index (χ1n) is 7.64. The van der Waals surface area contributed by atoms with Crippen LogP contribution >= 0.6 is 11.3 Å². The SMILES string of the molecule is Cn1cc(C2CCN(c3nc(-c4ccc(F)cc4)cs3)C2)cn1. The van der Waals surface area contributed by atoms with Crippen LogP contribution in [0.15, 0.2) is 42.0 Å². The molecule has 0 bridgehead atoms. The van der Waals surface area contributed by atoms with Gasteiger partial charge in [-0.25, -0.2) is 9.37 Å². The Bertz CT molecular complexity index is 808. The average Bonchev–Trinajstić information content (AvgIpc) is 3.27. The van der Waals surface area contributed by atoms with Crippen molar-refractivity contribution < 1.29 is 4.39 Å². The number of benzene rings is 1. The number of rotatable bonds is 3. The van der Waals surface area contributed by atoms with Crippen LogP contribution in [0.1, 0.15) is 17.9 Å². The molecule has 118 valence electrons. The Hall–Kier alpha value is -2.21. The summed E-state index contributed by atoms with van der Waals surface area (Å²) in [6.07, 6.45) is 5.18. The fourth-order valence-corrected chi connectivity index (χ4v) is 3.89. The molecule has 1 aliphatic heterocycles. The second-order valence-corrected chi connectivity index (χ2v) is 6.74. The lowest BCUT2D eigenvalue weighted by Gasteiger charge is -2.14. The van der Waals surface area contributed by atoms with Crippen LogP contribution < -0.4 is 4.90 Å². The first-order chi connectivity index (χ1) is 11.2. The minimum Gasteiger partial charge on any atom is -0.347 e. The summed E-state index contributed by atoms with van der Waals surface area (Å²) in [5, 5.41) is 7.34. The molecule has 4 nitrogen and oxygen atoms in total. The van der Waals surface area contributed by atoms with E-state index in [1.165, 1.54) is 17.7 Å². The van der Waals surface area contributed by atoms with Gasteiger partial charge in [0.1, 0.15) is 5.82 Å². The third-order valence-corrected chi connectivity index (χ3v) is 5.19. The molecule has 3 aromatic rings. The van der Waals surface area contributed by atoms with Crippen molar-refractivity contribution in [3.63, 3.8) is 0 Å². The summed E-state index contributed by atoms with van der Waals surface area (Å²) in [4.78, 5) is 7.06. The van der Waals surface area contributed by atoms with E-state index in [4.69, 9.17) is 4.98 Å². The fourth-order valence-electron chi connectivity index (χ4n) is 3.02. The van der Waals surface area contributed by atoms with Crippen molar-refractivity contribution in [3.8, 4) is 11.3 Å². The molecule has 0 radical (unpaired) electrons. The average molecular weight is 328 g/mol. The highest BCUT2D eigenvalue weighted by atomic mass is 32.1. The number of hydrogen-bond donors (Lipinski definition) is 0. The van der Waals surface area contributed by atoms with Crippen molar-refractivity contribution in [2.24, 2.45) is 7.05 Å². The van der Waals surface area contributed by atoms with Gasteiger partial charge in [-0.1, -0.05) is 0 Å². The number of aryl methyl sites for hydroxylation is 1. The summed E-state index contributed by atoms with van der Waals surface area (Å²) in [5.41, 5.74) is 3.16. The lowest BCUT2D eigenvalue weighted by Crippen LogP contribution is -2.18. The van der Waals surface area contributed by atoms with Gasteiger partial charge in [0.2, 0.25) is 0 Å². The normalized spacial score (nSPS) is 17.8. The molecule has 0 spiro atoms. The van der Waals surface area contributed by atoms with E-state index in [0.717, 1.165) is 35.9 Å². The number of thiazole rings is 1. The van der Waals surface area contributed by atoms with Crippen molar-refractivity contribution in [1.82, 2.24) is 14.8 Å². The number of hydrogen-bond acceptors (Lipinski definition) is 4. The summed E-state index contributed by atoms with van der Waals surface area (Å²) in [6, 6.07) is 6.50. The molecule has 4 rings (SSSR count). The van der Waals surface area contributed by atoms with Gasteiger partial charge in [0.05, 0.1) is 11.9 Å². The van der Waals surface area contributed by atoms with E-state index < -0.39 is 0 Å². The Morgan fingerprint density at radius 1 is 1.26 bits per heavy atom. The smallest absolute Gasteiger partial charge is 0.185 e. The molecule has 1 fully saturated rings. The molecule has 0 aliphatic carbocycles. The molecule has 1 saturated heterocycles. The zero-order chi connectivity index (χ0) is 15.8. The molecular formula is C17H17FN4S. The molecule has 1 aliphatic rings. The third kappa shape index (κ3) is 2.86. The van der Waals surface area contributed by atoms with Gasteiger partial charge in [0.25, 0.3) is 0 Å². The molecule has 23 heavy (non-hydrogen) atoms. The van der Waals surface area contributed by atoms with Crippen molar-refractivity contribution in [3.05, 3.63) is 53.4 Å². The summed E-state index contributed by atoms with van der Waals surface area (Å²) >= 11 is 1.65. The van der Waals surface area contributed by atoms with Crippen LogP contribution in [0.4, 0.5) is 9.52 Å². The Labute approximate surface area is 138 Å². The molecule has 0 N–H and O–H groups in total. The number of anilines is 1. The maximum Gasteiger partial charge on any atom is 0.185 e. The zero-order valence-electron chi connectivity index (χ0n) is 12.8. The minimum atomic E-state index is -0.219. The van der Waals surface area contributed by atoms with Gasteiger partial charge in [-0.2, -0.15) is 5.10 Å². The number of nitrogens with zero attached hydrogens (tertiary/aromatic N) is 4. The van der Waals surface area contributed by atoms with Crippen molar-refractivity contribution >= 4 is 16.5 Å². The van der Waals surface area contributed by atoms with Gasteiger partial charge in [-0.05, 0) is 36.2 Å². The Morgan fingerprint density at radius 3 is 2.83 bits per heavy atom. The highest BCUT2D eigenvalue weighted by Gasteiger charge is 2.26. The van der Waals surface area contributed by atoms with Gasteiger partial charge in [0, 0.05) is 43.2 Å². The van der Waals surface area contributed by atoms with E-state index in [1.807, 2.05) is 23.3 Å². The summed E-state index contributed by atoms with van der Waals surface area (Å²) in [7, 11) is 1.95. The van der Waals surface area contributed by atoms with E-state index in [1.54, 1.807) is 23.5 Å². The fraction of sp³-hybridized carbons (Fsp3) is 0.294. The van der Waals surface area contributed by atoms with Crippen molar-refractivity contribution in [1.29, 1.82) is 0 Å². The predicted molar refractivity (Wildman–Crippen MR) is 90.3 cm³/mol. The van der Waals surface area contributed by atoms with E-state index >= 15 is 0 Å². The van der Waals surface area contributed by atoms with Crippen LogP contribution in [-0.2, 0) is 7.05 Å². The minimum absolute atomic E-state index is 0.219. The summed E-state index contributed by atoms with van der Waals surface area (Å²) in [6.45, 7) is 1.98. The maximum atomic E-state index is 13.0. The molecule has 3 heterocycles. The molecular weight excluding hydrogens is 311 g/mol. The molecule has 0 saturated carbocycles.